The molecule has 4 N–H and O–H groups in total. The highest BCUT2D eigenvalue weighted by molar-refractivity contribution is 7.13. The topological polar surface area (TPSA) is 204 Å². The molecule has 75 heavy (non-hydrogen) atoms. The van der Waals surface area contributed by atoms with Crippen LogP contribution in [-0.2, 0) is 51.1 Å². The van der Waals surface area contributed by atoms with E-state index in [-0.39, 0.29) is 61.0 Å². The molecule has 404 valence electrons. The van der Waals surface area contributed by atoms with Gasteiger partial charge in [0.2, 0.25) is 23.6 Å². The van der Waals surface area contributed by atoms with Crippen LogP contribution in [0.1, 0.15) is 76.2 Å². The Bertz CT molecular complexity index is 2630. The van der Waals surface area contributed by atoms with Crippen molar-refractivity contribution in [2.24, 2.45) is 10.8 Å². The minimum absolute atomic E-state index is 0.00560. The third kappa shape index (κ3) is 16.7. The van der Waals surface area contributed by atoms with E-state index in [1.165, 1.54) is 17.4 Å². The summed E-state index contributed by atoms with van der Waals surface area (Å²) >= 11 is 9.05. The van der Waals surface area contributed by atoms with Crippen molar-refractivity contribution < 1.29 is 47.3 Å². The first-order chi connectivity index (χ1) is 36.2. The van der Waals surface area contributed by atoms with Gasteiger partial charge in [0, 0.05) is 43.3 Å². The molecular formula is C54H68ClFN8O9S2. The molecule has 1 saturated heterocycles. The number of aryl methyl sites for hydroxylation is 1. The summed E-state index contributed by atoms with van der Waals surface area (Å²) in [4.78, 5) is 70.5. The average Bonchev–Trinajstić information content (AvgIpc) is 4.21. The van der Waals surface area contributed by atoms with E-state index < -0.39 is 34.6 Å². The second-order valence-electron chi connectivity index (χ2n) is 19.7. The molecule has 1 aliphatic carbocycles. The molecule has 1 aliphatic heterocycles. The van der Waals surface area contributed by atoms with E-state index in [4.69, 9.17) is 40.3 Å². The Morgan fingerprint density at radius 2 is 1.57 bits per heavy atom. The molecule has 2 fully saturated rings. The average molecular weight is 1090 g/mol. The highest BCUT2D eigenvalue weighted by Crippen LogP contribution is 2.41. The van der Waals surface area contributed by atoms with Gasteiger partial charge in [0.05, 0.1) is 78.9 Å². The molecule has 2 aliphatic rings. The molecule has 21 heteroatoms. The van der Waals surface area contributed by atoms with Crippen LogP contribution in [0.25, 0.3) is 10.4 Å². The molecule has 1 saturated carbocycles. The summed E-state index contributed by atoms with van der Waals surface area (Å²) in [5.41, 5.74) is 4.18. The number of anilines is 2. The fourth-order valence-corrected chi connectivity index (χ4v) is 10.6. The highest BCUT2D eigenvalue weighted by atomic mass is 35.5. The Balaban J connectivity index is 0.752. The van der Waals surface area contributed by atoms with E-state index in [1.54, 1.807) is 34.6 Å². The van der Waals surface area contributed by atoms with Crippen molar-refractivity contribution in [3.8, 4) is 16.2 Å². The summed E-state index contributed by atoms with van der Waals surface area (Å²) in [6.07, 6.45) is 5.15. The molecule has 4 heterocycles. The normalized spacial score (nSPS) is 18.1. The number of aromatic nitrogens is 3. The van der Waals surface area contributed by atoms with Gasteiger partial charge in [-0.05, 0) is 86.3 Å². The predicted molar refractivity (Wildman–Crippen MR) is 287 cm³/mol. The van der Waals surface area contributed by atoms with Crippen molar-refractivity contribution in [3.63, 3.8) is 0 Å². The van der Waals surface area contributed by atoms with E-state index in [0.717, 1.165) is 32.5 Å². The Labute approximate surface area is 451 Å². The van der Waals surface area contributed by atoms with Crippen LogP contribution in [0.5, 0.6) is 5.75 Å². The number of amides is 4. The van der Waals surface area contributed by atoms with Gasteiger partial charge in [-0.15, -0.1) is 22.7 Å². The molecular weight excluding hydrogens is 1020 g/mol. The second-order valence-corrected chi connectivity index (χ2v) is 21.8. The number of nitrogens with zero attached hydrogens (tertiary/aromatic N) is 4. The van der Waals surface area contributed by atoms with Gasteiger partial charge in [0.15, 0.2) is 16.7 Å². The largest absolute Gasteiger partial charge is 0.487 e. The number of ether oxygens (including phenoxy) is 5. The molecule has 0 bridgehead atoms. The number of benzene rings is 2. The van der Waals surface area contributed by atoms with Crippen molar-refractivity contribution in [1.29, 1.82) is 0 Å². The number of thiazole rings is 2. The summed E-state index contributed by atoms with van der Waals surface area (Å²) in [6, 6.07) is 16.9. The minimum Gasteiger partial charge on any atom is -0.487 e. The molecule has 3 aromatic heterocycles. The van der Waals surface area contributed by atoms with Gasteiger partial charge < -0.3 is 49.9 Å². The maximum absolute atomic E-state index is 14.7. The van der Waals surface area contributed by atoms with Gasteiger partial charge >= 0.3 is 0 Å². The van der Waals surface area contributed by atoms with Gasteiger partial charge in [-0.2, -0.15) is 0 Å². The number of hydrogen-bond acceptors (Lipinski definition) is 15. The summed E-state index contributed by atoms with van der Waals surface area (Å²) in [5, 5.41) is 14.7. The monoisotopic (exact) mass is 1090 g/mol. The summed E-state index contributed by atoms with van der Waals surface area (Å²) < 4.78 is 43.3. The van der Waals surface area contributed by atoms with Crippen LogP contribution in [0.3, 0.4) is 0 Å². The van der Waals surface area contributed by atoms with Gasteiger partial charge in [-0.25, -0.2) is 19.3 Å². The zero-order valence-corrected chi connectivity index (χ0v) is 45.4. The van der Waals surface area contributed by atoms with Gasteiger partial charge in [0.25, 0.3) is 0 Å². The van der Waals surface area contributed by atoms with Crippen LogP contribution >= 0.6 is 34.3 Å². The maximum Gasteiger partial charge on any atom is 0.246 e. The zero-order valence-electron chi connectivity index (χ0n) is 43.0. The molecule has 4 amide bonds. The van der Waals surface area contributed by atoms with Gasteiger partial charge in [-0.1, -0.05) is 68.8 Å². The Morgan fingerprint density at radius 1 is 0.867 bits per heavy atom. The van der Waals surface area contributed by atoms with Crippen molar-refractivity contribution in [3.05, 3.63) is 106 Å². The lowest BCUT2D eigenvalue weighted by Crippen LogP contribution is -2.58. The van der Waals surface area contributed by atoms with Gasteiger partial charge in [-0.3, -0.25) is 19.2 Å². The number of nitrogens with one attached hydrogen (secondary N) is 4. The number of halogens is 2. The first-order valence-electron chi connectivity index (χ1n) is 25.4. The molecule has 2 atom stereocenters. The maximum atomic E-state index is 14.7. The first kappa shape index (κ1) is 57.1. The molecule has 0 radical (unpaired) electrons. The number of hydrogen-bond donors (Lipinski definition) is 4. The van der Waals surface area contributed by atoms with Crippen LogP contribution in [0.4, 0.5) is 15.3 Å². The highest BCUT2D eigenvalue weighted by Gasteiger charge is 2.44. The molecule has 2 aromatic carbocycles. The number of rotatable bonds is 27. The van der Waals surface area contributed by atoms with Crippen molar-refractivity contribution in [2.75, 3.05) is 71.3 Å². The number of pyridine rings is 1. The van der Waals surface area contributed by atoms with Crippen molar-refractivity contribution >= 4 is 68.9 Å². The van der Waals surface area contributed by atoms with E-state index >= 15 is 0 Å². The Hall–Kier alpha value is -5.61. The summed E-state index contributed by atoms with van der Waals surface area (Å²) in [6.45, 7) is 10.3. The summed E-state index contributed by atoms with van der Waals surface area (Å²) in [5.74, 6) is -0.930. The molecule has 0 unspecified atom stereocenters. The SMILES string of the molecule is Cc1ncsc1-c1ccc(CNC(=O)[C@@H]2CCCN2C(=O)[C@@H](NC(=O)COCCOCCOCCOCCNC(=O)C2(Cc3cccc(Nc4nccs4)n3)CCC(Oc3cccc(Cl)c3F)CC2)C(C)(C)C)cc1. The van der Waals surface area contributed by atoms with Crippen LogP contribution in [0, 0.1) is 23.6 Å². The smallest absolute Gasteiger partial charge is 0.246 e. The standard InChI is InChI=1S/C54H68ClFN8O9S2/c1-36-47(75-35-60-36)38-15-13-37(14-16-38)33-59-49(66)42-10-7-23-64(42)50(67)48(53(2,3)4)63-45(65)34-72-30-29-71-28-27-70-26-25-69-24-21-57-51(68)54(32-39-8-5-12-44(61-39)62-52-58-22-31-74-52)19-17-40(18-20-54)73-43-11-6-9-41(55)46(43)56/h5-6,8-9,11-16,22,31,35,40,42,48H,7,10,17-21,23-30,32-34H2,1-4H3,(H,57,68)(H,59,66)(H,63,65)(H,58,61,62)/t40?,42-,48+,54?/m0/s1. The lowest BCUT2D eigenvalue weighted by Gasteiger charge is -2.39. The molecule has 5 aromatic rings. The zero-order chi connectivity index (χ0) is 53.2. The predicted octanol–water partition coefficient (Wildman–Crippen LogP) is 8.08. The van der Waals surface area contributed by atoms with E-state index in [0.29, 0.717) is 96.8 Å². The minimum atomic E-state index is -0.865. The van der Waals surface area contributed by atoms with Crippen LogP contribution in [0.2, 0.25) is 5.02 Å². The lowest BCUT2D eigenvalue weighted by molar-refractivity contribution is -0.144. The molecule has 7 rings (SSSR count). The lowest BCUT2D eigenvalue weighted by atomic mass is 9.69. The van der Waals surface area contributed by atoms with Crippen LogP contribution in [0.15, 0.2) is 77.8 Å². The van der Waals surface area contributed by atoms with E-state index in [9.17, 15) is 23.6 Å². The quantitative estimate of drug-likeness (QED) is 0.0368. The number of likely N-dealkylation sites (tertiary alicyclic amines) is 1. The number of carbonyl (C=O) groups excluding carboxylic acids is 4. The van der Waals surface area contributed by atoms with E-state index in [1.807, 2.05) is 81.1 Å². The Kier molecular flexibility index (Phi) is 21.3. The van der Waals surface area contributed by atoms with E-state index in [2.05, 4.69) is 31.2 Å². The van der Waals surface area contributed by atoms with Crippen molar-refractivity contribution in [1.82, 2.24) is 35.8 Å². The fourth-order valence-electron chi connectivity index (χ4n) is 9.12. The third-order valence-electron chi connectivity index (χ3n) is 13.1. The molecule has 0 spiro atoms. The second kappa shape index (κ2) is 28.0. The fraction of sp³-hybridized carbons (Fsp3) is 0.500. The van der Waals surface area contributed by atoms with Gasteiger partial charge in [0.1, 0.15) is 24.5 Å². The molecule has 17 nitrogen and oxygen atoms in total. The van der Waals surface area contributed by atoms with Crippen molar-refractivity contribution in [2.45, 2.75) is 97.4 Å². The first-order valence-corrected chi connectivity index (χ1v) is 27.5. The third-order valence-corrected chi connectivity index (χ3v) is 15.1. The van der Waals surface area contributed by atoms with Crippen LogP contribution < -0.4 is 26.0 Å². The van der Waals surface area contributed by atoms with Crippen LogP contribution in [-0.4, -0.2) is 128 Å². The Morgan fingerprint density at radius 3 is 2.25 bits per heavy atom. The summed E-state index contributed by atoms with van der Waals surface area (Å²) in [7, 11) is 0. The number of carbonyl (C=O) groups is 4.